The topological polar surface area (TPSA) is 151 Å². The molecular weight excluding hydrogens is 519 g/mol. The minimum atomic E-state index is -0.520. The second kappa shape index (κ2) is 12.9. The van der Waals surface area contributed by atoms with Crippen molar-refractivity contribution in [2.24, 2.45) is 11.5 Å². The van der Waals surface area contributed by atoms with Crippen LogP contribution < -0.4 is 27.8 Å². The summed E-state index contributed by atoms with van der Waals surface area (Å²) in [5, 5.41) is 14.0. The first kappa shape index (κ1) is 28.3. The van der Waals surface area contributed by atoms with E-state index >= 15 is 4.39 Å². The van der Waals surface area contributed by atoms with Gasteiger partial charge >= 0.3 is 5.69 Å². The Labute approximate surface area is 231 Å². The van der Waals surface area contributed by atoms with Crippen LogP contribution in [0.3, 0.4) is 0 Å². The molecule has 0 radical (unpaired) electrons. The van der Waals surface area contributed by atoms with E-state index in [9.17, 15) is 4.79 Å². The first-order chi connectivity index (χ1) is 18.7. The van der Waals surface area contributed by atoms with Gasteiger partial charge in [-0.3, -0.25) is 9.98 Å². The third-order valence-electron chi connectivity index (χ3n) is 6.40. The number of benzene rings is 2. The van der Waals surface area contributed by atoms with Crippen LogP contribution in [0.1, 0.15) is 37.3 Å². The van der Waals surface area contributed by atoms with Crippen LogP contribution in [0.2, 0.25) is 5.02 Å². The van der Waals surface area contributed by atoms with Crippen molar-refractivity contribution in [3.05, 3.63) is 81.1 Å². The van der Waals surface area contributed by atoms with Gasteiger partial charge in [-0.1, -0.05) is 23.7 Å². The highest BCUT2D eigenvalue weighted by Gasteiger charge is 2.15. The molecule has 4 rings (SSSR count). The monoisotopic (exact) mass is 552 g/mol. The zero-order chi connectivity index (χ0) is 27.9. The molecule has 0 saturated heterocycles. The van der Waals surface area contributed by atoms with Crippen molar-refractivity contribution in [1.29, 1.82) is 5.41 Å². The van der Waals surface area contributed by atoms with Crippen LogP contribution >= 0.6 is 11.6 Å². The molecule has 1 atom stereocenters. The smallest absolute Gasteiger partial charge is 0.354 e. The Morgan fingerprint density at radius 1 is 1.18 bits per heavy atom. The fraction of sp³-hybridized carbons (Fsp3) is 0.321. The molecule has 206 valence electrons. The van der Waals surface area contributed by atoms with E-state index in [0.717, 1.165) is 43.4 Å². The van der Waals surface area contributed by atoms with Gasteiger partial charge in [0.1, 0.15) is 5.65 Å². The van der Waals surface area contributed by atoms with Crippen LogP contribution in [0.5, 0.6) is 0 Å². The van der Waals surface area contributed by atoms with Gasteiger partial charge in [0.05, 0.1) is 16.4 Å². The number of hydrogen-bond donors (Lipinski definition) is 6. The summed E-state index contributed by atoms with van der Waals surface area (Å²) in [7, 11) is 0. The summed E-state index contributed by atoms with van der Waals surface area (Å²) in [5.74, 6) is -0.549. The fourth-order valence-corrected chi connectivity index (χ4v) is 4.62. The zero-order valence-corrected chi connectivity index (χ0v) is 22.6. The van der Waals surface area contributed by atoms with Gasteiger partial charge in [-0.2, -0.15) is 4.98 Å². The number of aromatic amines is 1. The molecule has 39 heavy (non-hydrogen) atoms. The normalized spacial score (nSPS) is 12.1. The van der Waals surface area contributed by atoms with Crippen molar-refractivity contribution < 1.29 is 4.39 Å². The number of H-pyrrole nitrogens is 1. The SMILES string of the molecule is C[C@H](N)CCCc1cc(Cl)c(F)c(-c2cc3cn(-c4ccc(CNCCCNC(=N)N)cc4)c(=O)nc3[nH]2)c1. The predicted molar refractivity (Wildman–Crippen MR) is 155 cm³/mol. The number of halogens is 2. The molecule has 4 aromatic rings. The van der Waals surface area contributed by atoms with Crippen LogP contribution in [0, 0.1) is 11.2 Å². The lowest BCUT2D eigenvalue weighted by Crippen LogP contribution is -2.32. The van der Waals surface area contributed by atoms with Gasteiger partial charge < -0.3 is 27.1 Å². The quantitative estimate of drug-likeness (QED) is 0.0893. The average molecular weight is 553 g/mol. The third-order valence-corrected chi connectivity index (χ3v) is 6.68. The van der Waals surface area contributed by atoms with Crippen LogP contribution in [0.25, 0.3) is 28.0 Å². The second-order valence-corrected chi connectivity index (χ2v) is 10.1. The molecule has 0 fully saturated rings. The number of aromatic nitrogens is 3. The number of fused-ring (bicyclic) bond motifs is 1. The van der Waals surface area contributed by atoms with Crippen molar-refractivity contribution in [3.8, 4) is 16.9 Å². The largest absolute Gasteiger partial charge is 0.370 e. The number of nitrogens with zero attached hydrogens (tertiary/aromatic N) is 2. The molecular formula is C28H34ClFN8O. The number of nitrogens with one attached hydrogen (secondary N) is 4. The average Bonchev–Trinajstić information content (AvgIpc) is 3.30. The maximum absolute atomic E-state index is 15.0. The number of hydrogen-bond acceptors (Lipinski definition) is 5. The summed E-state index contributed by atoms with van der Waals surface area (Å²) in [5.41, 5.74) is 14.6. The van der Waals surface area contributed by atoms with Gasteiger partial charge in [0.25, 0.3) is 0 Å². The summed E-state index contributed by atoms with van der Waals surface area (Å²) in [6.45, 7) is 4.05. The van der Waals surface area contributed by atoms with Crippen molar-refractivity contribution in [2.45, 2.75) is 45.2 Å². The molecule has 2 aromatic heterocycles. The molecule has 9 nitrogen and oxygen atoms in total. The van der Waals surface area contributed by atoms with Crippen molar-refractivity contribution in [3.63, 3.8) is 0 Å². The molecule has 0 spiro atoms. The maximum Gasteiger partial charge on any atom is 0.354 e. The summed E-state index contributed by atoms with van der Waals surface area (Å²) in [6, 6.07) is 12.9. The Morgan fingerprint density at radius 3 is 2.67 bits per heavy atom. The summed E-state index contributed by atoms with van der Waals surface area (Å²) in [6.07, 6.45) is 5.02. The van der Waals surface area contributed by atoms with E-state index in [1.165, 1.54) is 4.57 Å². The first-order valence-corrected chi connectivity index (χ1v) is 13.3. The summed E-state index contributed by atoms with van der Waals surface area (Å²) in [4.78, 5) is 20.1. The van der Waals surface area contributed by atoms with E-state index in [2.05, 4.69) is 20.6 Å². The van der Waals surface area contributed by atoms with Crippen molar-refractivity contribution in [2.75, 3.05) is 13.1 Å². The van der Waals surface area contributed by atoms with E-state index in [0.29, 0.717) is 41.1 Å². The molecule has 2 heterocycles. The van der Waals surface area contributed by atoms with Gasteiger partial charge in [0, 0.05) is 36.3 Å². The molecule has 0 saturated carbocycles. The molecule has 8 N–H and O–H groups in total. The maximum atomic E-state index is 15.0. The molecule has 0 aliphatic carbocycles. The van der Waals surface area contributed by atoms with Gasteiger partial charge in [-0.15, -0.1) is 0 Å². The van der Waals surface area contributed by atoms with Crippen molar-refractivity contribution in [1.82, 2.24) is 25.2 Å². The van der Waals surface area contributed by atoms with Crippen LogP contribution in [-0.2, 0) is 13.0 Å². The predicted octanol–water partition coefficient (Wildman–Crippen LogP) is 3.81. The molecule has 0 aliphatic heterocycles. The summed E-state index contributed by atoms with van der Waals surface area (Å²) >= 11 is 6.21. The molecule has 0 amide bonds. The second-order valence-electron chi connectivity index (χ2n) is 9.73. The Hall–Kier alpha value is -3.73. The third kappa shape index (κ3) is 7.44. The standard InChI is InChI=1S/C28H34ClFN8O/c1-17(31)4-2-5-19-12-22(25(30)23(29)13-19)24-14-20-16-38(28(39)37-26(20)36-24)21-8-6-18(7-9-21)15-34-10-3-11-35-27(32)33/h6-9,12-14,16-17,34H,2-5,10-11,15,31H2,1H3,(H4,32,33,35)(H,36,37,39)/t17-/m0/s1. The lowest BCUT2D eigenvalue weighted by Gasteiger charge is -2.09. The fourth-order valence-electron chi connectivity index (χ4n) is 4.38. The molecule has 11 heteroatoms. The van der Waals surface area contributed by atoms with E-state index in [1.807, 2.05) is 31.2 Å². The van der Waals surface area contributed by atoms with Crippen LogP contribution in [0.4, 0.5) is 4.39 Å². The zero-order valence-electron chi connectivity index (χ0n) is 21.9. The molecule has 2 aromatic carbocycles. The highest BCUT2D eigenvalue weighted by molar-refractivity contribution is 6.31. The van der Waals surface area contributed by atoms with E-state index in [4.69, 9.17) is 28.5 Å². The van der Waals surface area contributed by atoms with Crippen LogP contribution in [0.15, 0.2) is 53.5 Å². The van der Waals surface area contributed by atoms with E-state index in [-0.39, 0.29) is 17.0 Å². The molecule has 0 aliphatic rings. The van der Waals surface area contributed by atoms with E-state index < -0.39 is 11.5 Å². The Bertz CT molecular complexity index is 1500. The van der Waals surface area contributed by atoms with Crippen molar-refractivity contribution >= 4 is 28.6 Å². The van der Waals surface area contributed by atoms with Gasteiger partial charge in [-0.05, 0) is 80.6 Å². The Morgan fingerprint density at radius 2 is 1.95 bits per heavy atom. The lowest BCUT2D eigenvalue weighted by atomic mass is 10.0. The minimum Gasteiger partial charge on any atom is -0.370 e. The lowest BCUT2D eigenvalue weighted by molar-refractivity contribution is 0.618. The molecule has 0 unspecified atom stereocenters. The first-order valence-electron chi connectivity index (χ1n) is 13.0. The Balaban J connectivity index is 1.50. The Kier molecular flexibility index (Phi) is 9.34. The van der Waals surface area contributed by atoms with Crippen LogP contribution in [-0.4, -0.2) is 39.6 Å². The number of nitrogens with two attached hydrogens (primary N) is 2. The highest BCUT2D eigenvalue weighted by atomic mass is 35.5. The number of guanidine groups is 1. The van der Waals surface area contributed by atoms with E-state index in [1.54, 1.807) is 24.4 Å². The van der Waals surface area contributed by atoms with Gasteiger partial charge in [0.2, 0.25) is 0 Å². The summed E-state index contributed by atoms with van der Waals surface area (Å²) < 4.78 is 16.5. The minimum absolute atomic E-state index is 0.0288. The van der Waals surface area contributed by atoms with Gasteiger partial charge in [0.15, 0.2) is 11.8 Å². The number of rotatable bonds is 12. The molecule has 0 bridgehead atoms. The highest BCUT2D eigenvalue weighted by Crippen LogP contribution is 2.31. The van der Waals surface area contributed by atoms with Gasteiger partial charge in [-0.25, -0.2) is 9.18 Å². The number of aryl methyl sites for hydroxylation is 1.